The van der Waals surface area contributed by atoms with Crippen LogP contribution in [-0.4, -0.2) is 30.8 Å². The van der Waals surface area contributed by atoms with E-state index < -0.39 is 16.7 Å². The van der Waals surface area contributed by atoms with E-state index in [-0.39, 0.29) is 16.2 Å². The van der Waals surface area contributed by atoms with Crippen molar-refractivity contribution in [2.75, 3.05) is 23.9 Å². The van der Waals surface area contributed by atoms with Crippen molar-refractivity contribution in [3.63, 3.8) is 0 Å². The molecule has 0 atom stereocenters. The topological polar surface area (TPSA) is 96.9 Å². The van der Waals surface area contributed by atoms with Gasteiger partial charge in [0.1, 0.15) is 5.76 Å². The summed E-state index contributed by atoms with van der Waals surface area (Å²) in [5, 5.41) is 11.0. The van der Waals surface area contributed by atoms with Crippen LogP contribution in [0, 0.1) is 10.1 Å². The number of non-ortho nitro benzene ring substituents is 1. The fourth-order valence-corrected chi connectivity index (χ4v) is 4.35. The van der Waals surface area contributed by atoms with E-state index in [1.807, 2.05) is 25.1 Å². The van der Waals surface area contributed by atoms with Crippen molar-refractivity contribution in [3.05, 3.63) is 93.3 Å². The van der Waals surface area contributed by atoms with Gasteiger partial charge in [-0.25, -0.2) is 4.90 Å². The zero-order chi connectivity index (χ0) is 22.8. The van der Waals surface area contributed by atoms with Crippen molar-refractivity contribution in [1.82, 2.24) is 0 Å². The summed E-state index contributed by atoms with van der Waals surface area (Å²) in [6, 6.07) is 16.3. The van der Waals surface area contributed by atoms with Gasteiger partial charge in [0.15, 0.2) is 0 Å². The summed E-state index contributed by atoms with van der Waals surface area (Å²) in [5.74, 6) is 0.125. The van der Waals surface area contributed by atoms with E-state index in [2.05, 4.69) is 0 Å². The van der Waals surface area contributed by atoms with E-state index in [0.29, 0.717) is 22.8 Å². The molecule has 9 heteroatoms. The Balaban J connectivity index is 1.75. The first-order valence-electron chi connectivity index (χ1n) is 9.67. The first-order chi connectivity index (χ1) is 15.4. The molecule has 0 aliphatic carbocycles. The molecule has 0 spiro atoms. The highest BCUT2D eigenvalue weighted by molar-refractivity contribution is 8.03. The minimum Gasteiger partial charge on any atom is -0.468 e. The summed E-state index contributed by atoms with van der Waals surface area (Å²) in [6.07, 6.45) is 1.54. The molecule has 2 aromatic carbocycles. The van der Waals surface area contributed by atoms with Gasteiger partial charge in [0.2, 0.25) is 0 Å². The number of nitrogens with zero attached hydrogens (tertiary/aromatic N) is 3. The highest BCUT2D eigenvalue weighted by atomic mass is 32.2. The maximum Gasteiger partial charge on any atom is 0.272 e. The van der Waals surface area contributed by atoms with Crippen LogP contribution >= 0.6 is 11.8 Å². The number of imide groups is 1. The third kappa shape index (κ3) is 4.02. The Hall–Kier alpha value is -3.85. The molecule has 1 aliphatic heterocycles. The Morgan fingerprint density at radius 1 is 1.03 bits per heavy atom. The van der Waals surface area contributed by atoms with Gasteiger partial charge < -0.3 is 9.32 Å². The zero-order valence-electron chi connectivity index (χ0n) is 17.3. The quantitative estimate of drug-likeness (QED) is 0.298. The Kier molecular flexibility index (Phi) is 5.83. The van der Waals surface area contributed by atoms with E-state index >= 15 is 0 Å². The van der Waals surface area contributed by atoms with Crippen LogP contribution in [0.1, 0.15) is 11.3 Å². The van der Waals surface area contributed by atoms with E-state index in [1.54, 1.807) is 36.6 Å². The predicted octanol–water partition coefficient (Wildman–Crippen LogP) is 4.47. The number of benzene rings is 2. The second kappa shape index (κ2) is 8.72. The normalized spacial score (nSPS) is 13.8. The van der Waals surface area contributed by atoms with Crippen LogP contribution in [0.5, 0.6) is 0 Å². The van der Waals surface area contributed by atoms with Crippen molar-refractivity contribution in [3.8, 4) is 0 Å². The van der Waals surface area contributed by atoms with Gasteiger partial charge in [0, 0.05) is 31.9 Å². The molecule has 0 N–H and O–H groups in total. The number of amides is 2. The highest BCUT2D eigenvalue weighted by Crippen LogP contribution is 2.40. The molecule has 4 rings (SSSR count). The van der Waals surface area contributed by atoms with Crippen LogP contribution < -0.4 is 9.80 Å². The number of hydrogen-bond donors (Lipinski definition) is 0. The third-order valence-corrected chi connectivity index (χ3v) is 6.05. The summed E-state index contributed by atoms with van der Waals surface area (Å²) in [5.41, 5.74) is 1.88. The van der Waals surface area contributed by atoms with Crippen LogP contribution in [0.2, 0.25) is 0 Å². The highest BCUT2D eigenvalue weighted by Gasteiger charge is 2.40. The molecule has 0 bridgehead atoms. The van der Waals surface area contributed by atoms with E-state index in [9.17, 15) is 19.7 Å². The molecule has 0 saturated carbocycles. The molecule has 0 radical (unpaired) electrons. The first kappa shape index (κ1) is 21.4. The summed E-state index contributed by atoms with van der Waals surface area (Å²) in [4.78, 5) is 40.7. The third-order valence-electron chi connectivity index (χ3n) is 4.95. The van der Waals surface area contributed by atoms with Crippen LogP contribution in [0.25, 0.3) is 5.57 Å². The largest absolute Gasteiger partial charge is 0.468 e. The lowest BCUT2D eigenvalue weighted by Gasteiger charge is -2.19. The number of nitro benzene ring substituents is 1. The van der Waals surface area contributed by atoms with Crippen molar-refractivity contribution >= 4 is 46.2 Å². The van der Waals surface area contributed by atoms with Crippen LogP contribution in [0.3, 0.4) is 0 Å². The van der Waals surface area contributed by atoms with Crippen LogP contribution in [0.4, 0.5) is 17.1 Å². The number of nitro groups is 1. The van der Waals surface area contributed by atoms with Gasteiger partial charge in [-0.1, -0.05) is 6.07 Å². The maximum atomic E-state index is 13.5. The van der Waals surface area contributed by atoms with Gasteiger partial charge in [-0.05, 0) is 48.0 Å². The summed E-state index contributed by atoms with van der Waals surface area (Å²) in [6.45, 7) is 0. The predicted molar refractivity (Wildman–Crippen MR) is 123 cm³/mol. The molecule has 0 saturated heterocycles. The van der Waals surface area contributed by atoms with Gasteiger partial charge in [0.25, 0.3) is 17.5 Å². The van der Waals surface area contributed by atoms with E-state index in [1.165, 1.54) is 36.0 Å². The molecule has 0 unspecified atom stereocenters. The minimum atomic E-state index is -0.509. The molecule has 8 nitrogen and oxygen atoms in total. The molecule has 1 aliphatic rings. The van der Waals surface area contributed by atoms with Gasteiger partial charge in [-0.15, -0.1) is 11.8 Å². The van der Waals surface area contributed by atoms with Crippen molar-refractivity contribution in [1.29, 1.82) is 0 Å². The molecule has 32 heavy (non-hydrogen) atoms. The molecule has 2 amide bonds. The number of thioether (sulfide) groups is 1. The van der Waals surface area contributed by atoms with Crippen molar-refractivity contribution in [2.45, 2.75) is 5.75 Å². The first-order valence-corrected chi connectivity index (χ1v) is 10.7. The second-order valence-electron chi connectivity index (χ2n) is 7.24. The minimum absolute atomic E-state index is 0.0912. The number of hydrogen-bond acceptors (Lipinski definition) is 7. The summed E-state index contributed by atoms with van der Waals surface area (Å²) < 4.78 is 5.36. The smallest absolute Gasteiger partial charge is 0.272 e. The number of furan rings is 1. The number of anilines is 2. The average molecular weight is 449 g/mol. The molecular formula is C23H19N3O5S. The van der Waals surface area contributed by atoms with Crippen molar-refractivity contribution in [2.24, 2.45) is 0 Å². The lowest BCUT2D eigenvalue weighted by atomic mass is 10.1. The SMILES string of the molecule is CN(C)c1cccc(N2C(=O)C(SCc3ccco3)=C(c3ccc([N+](=O)[O-])cc3)C2=O)c1. The summed E-state index contributed by atoms with van der Waals surface area (Å²) in [7, 11) is 3.75. The number of carbonyl (C=O) groups excluding carboxylic acids is 2. The van der Waals surface area contributed by atoms with Gasteiger partial charge in [-0.2, -0.15) is 0 Å². The van der Waals surface area contributed by atoms with Gasteiger partial charge >= 0.3 is 0 Å². The lowest BCUT2D eigenvalue weighted by molar-refractivity contribution is -0.384. The number of carbonyl (C=O) groups is 2. The lowest BCUT2D eigenvalue weighted by Crippen LogP contribution is -2.31. The molecule has 3 aromatic rings. The maximum absolute atomic E-state index is 13.5. The van der Waals surface area contributed by atoms with Gasteiger partial charge in [-0.3, -0.25) is 19.7 Å². The summed E-state index contributed by atoms with van der Waals surface area (Å²) >= 11 is 1.21. The van der Waals surface area contributed by atoms with E-state index in [4.69, 9.17) is 4.42 Å². The fraction of sp³-hybridized carbons (Fsp3) is 0.130. The van der Waals surface area contributed by atoms with Crippen LogP contribution in [-0.2, 0) is 15.3 Å². The Bertz CT molecular complexity index is 1220. The molecule has 162 valence electrons. The molecule has 0 fully saturated rings. The Morgan fingerprint density at radius 3 is 2.41 bits per heavy atom. The molecular weight excluding hydrogens is 430 g/mol. The Labute approximate surface area is 188 Å². The molecule has 1 aromatic heterocycles. The monoisotopic (exact) mass is 449 g/mol. The zero-order valence-corrected chi connectivity index (χ0v) is 18.2. The molecule has 2 heterocycles. The number of rotatable bonds is 7. The standard InChI is InChI=1S/C23H19N3O5S/c1-24(2)17-5-3-6-18(13-17)25-22(27)20(15-8-10-16(11-9-15)26(29)30)21(23(25)28)32-14-19-7-4-12-31-19/h3-13H,14H2,1-2H3. The van der Waals surface area contributed by atoms with Crippen molar-refractivity contribution < 1.29 is 18.9 Å². The van der Waals surface area contributed by atoms with Crippen LogP contribution in [0.15, 0.2) is 76.2 Å². The fourth-order valence-electron chi connectivity index (χ4n) is 3.33. The second-order valence-corrected chi connectivity index (χ2v) is 8.22. The Morgan fingerprint density at radius 2 is 1.78 bits per heavy atom. The van der Waals surface area contributed by atoms with Gasteiger partial charge in [0.05, 0.1) is 33.1 Å². The van der Waals surface area contributed by atoms with E-state index in [0.717, 1.165) is 10.6 Å². The average Bonchev–Trinajstić information content (AvgIpc) is 3.38.